The van der Waals surface area contributed by atoms with E-state index in [1.54, 1.807) is 23.5 Å². The Labute approximate surface area is 169 Å². The maximum atomic E-state index is 12.7. The molecule has 1 saturated heterocycles. The Kier molecular flexibility index (Phi) is 5.59. The molecule has 0 radical (unpaired) electrons. The van der Waals surface area contributed by atoms with Crippen molar-refractivity contribution in [1.29, 1.82) is 0 Å². The van der Waals surface area contributed by atoms with Crippen molar-refractivity contribution in [3.05, 3.63) is 70.3 Å². The first-order valence-corrected chi connectivity index (χ1v) is 10.6. The molecule has 0 unspecified atom stereocenters. The Morgan fingerprint density at radius 3 is 2.68 bits per heavy atom. The molecule has 4 heterocycles. The topological polar surface area (TPSA) is 58.4 Å². The first-order chi connectivity index (χ1) is 13.6. The normalized spacial score (nSPS) is 16.1. The van der Waals surface area contributed by atoms with Crippen LogP contribution in [0.5, 0.6) is 0 Å². The van der Waals surface area contributed by atoms with Crippen molar-refractivity contribution in [3.63, 3.8) is 0 Å². The monoisotopic (exact) mass is 395 g/mol. The third kappa shape index (κ3) is 3.75. The van der Waals surface area contributed by atoms with Crippen molar-refractivity contribution < 1.29 is 9.21 Å². The van der Waals surface area contributed by atoms with Gasteiger partial charge < -0.3 is 9.73 Å². The highest BCUT2D eigenvalue weighted by Crippen LogP contribution is 2.42. The quantitative estimate of drug-likeness (QED) is 0.647. The molecule has 3 aromatic heterocycles. The molecule has 1 fully saturated rings. The van der Waals surface area contributed by atoms with E-state index >= 15 is 0 Å². The largest absolute Gasteiger partial charge is 0.459 e. The number of furan rings is 1. The van der Waals surface area contributed by atoms with Gasteiger partial charge >= 0.3 is 0 Å². The lowest BCUT2D eigenvalue weighted by atomic mass is 9.96. The molecule has 28 heavy (non-hydrogen) atoms. The molecule has 1 amide bonds. The van der Waals surface area contributed by atoms with E-state index in [2.05, 4.69) is 35.1 Å². The highest BCUT2D eigenvalue weighted by molar-refractivity contribution is 7.16. The molecule has 0 saturated carbocycles. The van der Waals surface area contributed by atoms with E-state index in [9.17, 15) is 4.79 Å². The second kappa shape index (κ2) is 8.29. The van der Waals surface area contributed by atoms with Gasteiger partial charge in [-0.05, 0) is 69.6 Å². The van der Waals surface area contributed by atoms with Crippen LogP contribution in [0, 0.1) is 13.8 Å². The molecule has 6 heteroatoms. The summed E-state index contributed by atoms with van der Waals surface area (Å²) in [4.78, 5) is 21.1. The summed E-state index contributed by atoms with van der Waals surface area (Å²) in [5.74, 6) is 0.105. The standard InChI is InChI=1S/C22H25N3O2S/c1-15-16(2)28-22(24-21(26)18-10-8-14-27-18)19(15)20(17-9-4-5-11-23-17)25-12-6-3-7-13-25/h4-5,8-11,14,20H,3,6-7,12-13H2,1-2H3,(H,24,26)/t20-/m0/s1. The zero-order chi connectivity index (χ0) is 19.5. The molecule has 5 nitrogen and oxygen atoms in total. The third-order valence-corrected chi connectivity index (χ3v) is 6.54. The summed E-state index contributed by atoms with van der Waals surface area (Å²) in [6, 6.07) is 9.52. The molecular formula is C22H25N3O2S. The van der Waals surface area contributed by atoms with Crippen LogP contribution in [0.2, 0.25) is 0 Å². The first kappa shape index (κ1) is 18.9. The van der Waals surface area contributed by atoms with Gasteiger partial charge in [0, 0.05) is 16.6 Å². The first-order valence-electron chi connectivity index (χ1n) is 9.75. The summed E-state index contributed by atoms with van der Waals surface area (Å²) >= 11 is 1.63. The number of pyridine rings is 1. The minimum Gasteiger partial charge on any atom is -0.459 e. The molecule has 4 rings (SSSR count). The van der Waals surface area contributed by atoms with Crippen LogP contribution in [0.4, 0.5) is 5.00 Å². The second-order valence-electron chi connectivity index (χ2n) is 7.21. The van der Waals surface area contributed by atoms with Crippen LogP contribution >= 0.6 is 11.3 Å². The minimum absolute atomic E-state index is 0.0401. The van der Waals surface area contributed by atoms with Gasteiger partial charge in [0.1, 0.15) is 5.00 Å². The maximum absolute atomic E-state index is 12.7. The SMILES string of the molecule is Cc1sc(NC(=O)c2ccco2)c([C@H](c2ccccn2)N2CCCCC2)c1C. The smallest absolute Gasteiger partial charge is 0.291 e. The van der Waals surface area contributed by atoms with Gasteiger partial charge in [-0.2, -0.15) is 0 Å². The van der Waals surface area contributed by atoms with E-state index in [-0.39, 0.29) is 11.9 Å². The fraction of sp³-hybridized carbons (Fsp3) is 0.364. The number of nitrogens with one attached hydrogen (secondary N) is 1. The van der Waals surface area contributed by atoms with E-state index in [1.807, 2.05) is 18.3 Å². The Bertz CT molecular complexity index is 928. The maximum Gasteiger partial charge on any atom is 0.291 e. The zero-order valence-electron chi connectivity index (χ0n) is 16.3. The average Bonchev–Trinajstić information content (AvgIpc) is 3.35. The summed E-state index contributed by atoms with van der Waals surface area (Å²) in [6.07, 6.45) is 7.03. The zero-order valence-corrected chi connectivity index (χ0v) is 17.1. The van der Waals surface area contributed by atoms with E-state index < -0.39 is 0 Å². The Morgan fingerprint density at radius 1 is 1.18 bits per heavy atom. The minimum atomic E-state index is -0.217. The lowest BCUT2D eigenvalue weighted by Crippen LogP contribution is -2.35. The molecule has 146 valence electrons. The summed E-state index contributed by atoms with van der Waals surface area (Å²) in [5.41, 5.74) is 3.41. The Hall–Kier alpha value is -2.44. The number of carbonyl (C=O) groups excluding carboxylic acids is 1. The second-order valence-corrected chi connectivity index (χ2v) is 8.44. The molecule has 0 aliphatic carbocycles. The number of thiophene rings is 1. The number of amides is 1. The van der Waals surface area contributed by atoms with Crippen molar-refractivity contribution in [2.24, 2.45) is 0 Å². The van der Waals surface area contributed by atoms with Crippen molar-refractivity contribution >= 4 is 22.2 Å². The summed E-state index contributed by atoms with van der Waals surface area (Å²) in [7, 11) is 0. The molecule has 0 aromatic carbocycles. The van der Waals surface area contributed by atoms with Crippen LogP contribution < -0.4 is 5.32 Å². The molecule has 1 aliphatic heterocycles. The molecule has 1 aliphatic rings. The number of aryl methyl sites for hydroxylation is 1. The van der Waals surface area contributed by atoms with Crippen LogP contribution in [0.25, 0.3) is 0 Å². The number of hydrogen-bond acceptors (Lipinski definition) is 5. The van der Waals surface area contributed by atoms with Crippen molar-refractivity contribution in [1.82, 2.24) is 9.88 Å². The van der Waals surface area contributed by atoms with Crippen molar-refractivity contribution in [2.75, 3.05) is 18.4 Å². The summed E-state index contributed by atoms with van der Waals surface area (Å²) in [6.45, 7) is 6.34. The van der Waals surface area contributed by atoms with Gasteiger partial charge in [0.2, 0.25) is 0 Å². The Morgan fingerprint density at radius 2 is 2.00 bits per heavy atom. The number of anilines is 1. The highest BCUT2D eigenvalue weighted by atomic mass is 32.1. The van der Waals surface area contributed by atoms with Crippen LogP contribution in [0.1, 0.15) is 57.6 Å². The van der Waals surface area contributed by atoms with E-state index in [4.69, 9.17) is 4.42 Å². The van der Waals surface area contributed by atoms with E-state index in [0.717, 1.165) is 29.3 Å². The molecular weight excluding hydrogens is 370 g/mol. The molecule has 0 spiro atoms. The van der Waals surface area contributed by atoms with Gasteiger partial charge in [0.05, 0.1) is 18.0 Å². The lowest BCUT2D eigenvalue weighted by Gasteiger charge is -2.35. The molecule has 0 bridgehead atoms. The molecule has 1 N–H and O–H groups in total. The van der Waals surface area contributed by atoms with E-state index in [0.29, 0.717) is 5.76 Å². The highest BCUT2D eigenvalue weighted by Gasteiger charge is 2.31. The Balaban J connectivity index is 1.76. The number of likely N-dealkylation sites (tertiary alicyclic amines) is 1. The lowest BCUT2D eigenvalue weighted by molar-refractivity contribution is 0.0996. The van der Waals surface area contributed by atoms with Crippen molar-refractivity contribution in [2.45, 2.75) is 39.2 Å². The number of piperidine rings is 1. The fourth-order valence-electron chi connectivity index (χ4n) is 3.87. The number of aromatic nitrogens is 1. The molecule has 3 aromatic rings. The number of hydrogen-bond donors (Lipinski definition) is 1. The van der Waals surface area contributed by atoms with Gasteiger partial charge in [-0.25, -0.2) is 0 Å². The van der Waals surface area contributed by atoms with Crippen LogP contribution in [0.15, 0.2) is 47.2 Å². The van der Waals surface area contributed by atoms with Gasteiger partial charge in [-0.15, -0.1) is 11.3 Å². The summed E-state index contributed by atoms with van der Waals surface area (Å²) in [5, 5.41) is 3.98. The fourth-order valence-corrected chi connectivity index (χ4v) is 4.96. The van der Waals surface area contributed by atoms with Gasteiger partial charge in [0.15, 0.2) is 5.76 Å². The predicted molar refractivity (Wildman–Crippen MR) is 112 cm³/mol. The van der Waals surface area contributed by atoms with Crippen LogP contribution in [-0.2, 0) is 0 Å². The third-order valence-electron chi connectivity index (χ3n) is 5.40. The van der Waals surface area contributed by atoms with Crippen molar-refractivity contribution in [3.8, 4) is 0 Å². The van der Waals surface area contributed by atoms with Gasteiger partial charge in [-0.3, -0.25) is 14.7 Å². The van der Waals surface area contributed by atoms with Crippen LogP contribution in [0.3, 0.4) is 0 Å². The van der Waals surface area contributed by atoms with E-state index in [1.165, 1.54) is 36.0 Å². The predicted octanol–water partition coefficient (Wildman–Crippen LogP) is 5.18. The number of carbonyl (C=O) groups is 1. The van der Waals surface area contributed by atoms with Gasteiger partial charge in [0.25, 0.3) is 5.91 Å². The number of nitrogens with zero attached hydrogens (tertiary/aromatic N) is 2. The summed E-state index contributed by atoms with van der Waals surface area (Å²) < 4.78 is 5.28. The van der Waals surface area contributed by atoms with Crippen LogP contribution in [-0.4, -0.2) is 28.9 Å². The number of rotatable bonds is 5. The van der Waals surface area contributed by atoms with Gasteiger partial charge in [-0.1, -0.05) is 12.5 Å². The molecule has 1 atom stereocenters. The average molecular weight is 396 g/mol.